The highest BCUT2D eigenvalue weighted by Crippen LogP contribution is 2.32. The van der Waals surface area contributed by atoms with Crippen LogP contribution in [-0.4, -0.2) is 74.2 Å². The Balaban J connectivity index is 0.000000187. The highest BCUT2D eigenvalue weighted by atomic mass is 32.2. The third-order valence-electron chi connectivity index (χ3n) is 11.2. The van der Waals surface area contributed by atoms with Crippen LogP contribution in [0, 0.1) is 32.6 Å². The minimum atomic E-state index is -3.62. The fraction of sp³-hybridized carbons (Fsp3) is 0.419. The van der Waals surface area contributed by atoms with Gasteiger partial charge in [-0.1, -0.05) is 17.3 Å². The zero-order valence-corrected chi connectivity index (χ0v) is 38.5. The Morgan fingerprint density at radius 3 is 1.87 bits per heavy atom. The van der Waals surface area contributed by atoms with Gasteiger partial charge in [-0.25, -0.2) is 36.2 Å². The summed E-state index contributed by atoms with van der Waals surface area (Å²) in [7, 11) is -5.74. The number of nitrogens with one attached hydrogen (secondary N) is 4. The van der Waals surface area contributed by atoms with E-state index in [0.29, 0.717) is 29.0 Å². The van der Waals surface area contributed by atoms with Crippen molar-refractivity contribution in [2.24, 2.45) is 11.8 Å². The average Bonchev–Trinajstić information content (AvgIpc) is 4.04. The van der Waals surface area contributed by atoms with Gasteiger partial charge in [0.15, 0.2) is 16.0 Å². The second kappa shape index (κ2) is 20.6. The van der Waals surface area contributed by atoms with Gasteiger partial charge in [0.1, 0.15) is 26.9 Å². The van der Waals surface area contributed by atoms with Crippen molar-refractivity contribution < 1.29 is 26.1 Å². The molecule has 19 heteroatoms. The Hall–Kier alpha value is -4.79. The van der Waals surface area contributed by atoms with Crippen molar-refractivity contribution in [3.63, 3.8) is 0 Å². The highest BCUT2D eigenvalue weighted by Gasteiger charge is 2.30. The summed E-state index contributed by atoms with van der Waals surface area (Å²) >= 11 is 3.17. The third-order valence-corrected chi connectivity index (χ3v) is 16.1. The molecule has 2 aliphatic rings. The molecule has 2 aliphatic carbocycles. The molecule has 6 aromatic rings. The molecule has 0 atom stereocenters. The Morgan fingerprint density at radius 2 is 1.31 bits per heavy atom. The molecular formula is C43H53N9O6S4. The number of thiazole rings is 2. The molecule has 2 fully saturated rings. The van der Waals surface area contributed by atoms with Crippen LogP contribution in [0.2, 0.25) is 0 Å². The lowest BCUT2D eigenvalue weighted by Gasteiger charge is -2.29. The molecule has 0 aliphatic heterocycles. The number of aromatic nitrogens is 5. The molecular weight excluding hydrogens is 867 g/mol. The fourth-order valence-electron chi connectivity index (χ4n) is 7.84. The van der Waals surface area contributed by atoms with Gasteiger partial charge in [0, 0.05) is 60.1 Å². The SMILES string of the molecule is COc1ccc(C)cc1S(=O)(=O)NC1CCC(CNc2nc(-c3ccncc3)cs2)CC1.Cc1noc(C)c1S(=O)(=O)NC1CCC(CNc2nc(-c3ccccn3)cs2)CC1. The number of pyridine rings is 2. The van der Waals surface area contributed by atoms with Gasteiger partial charge < -0.3 is 19.9 Å². The lowest BCUT2D eigenvalue weighted by atomic mass is 9.86. The van der Waals surface area contributed by atoms with Gasteiger partial charge in [-0.3, -0.25) is 9.97 Å². The number of nitrogens with zero attached hydrogens (tertiary/aromatic N) is 5. The Kier molecular flexibility index (Phi) is 15.0. The average molecular weight is 920 g/mol. The van der Waals surface area contributed by atoms with Gasteiger partial charge in [0.2, 0.25) is 20.0 Å². The number of hydrogen-bond acceptors (Lipinski definition) is 15. The predicted octanol–water partition coefficient (Wildman–Crippen LogP) is 8.23. The minimum absolute atomic E-state index is 0.0559. The molecule has 330 valence electrons. The summed E-state index contributed by atoms with van der Waals surface area (Å²) in [5.74, 6) is 1.69. The van der Waals surface area contributed by atoms with Crippen molar-refractivity contribution >= 4 is 53.0 Å². The molecule has 8 rings (SSSR count). The molecule has 5 heterocycles. The number of anilines is 2. The van der Waals surface area contributed by atoms with Gasteiger partial charge in [0.25, 0.3) is 0 Å². The van der Waals surface area contributed by atoms with E-state index in [1.165, 1.54) is 7.11 Å². The van der Waals surface area contributed by atoms with Gasteiger partial charge in [0.05, 0.1) is 18.5 Å². The predicted molar refractivity (Wildman–Crippen MR) is 244 cm³/mol. The third kappa shape index (κ3) is 11.8. The van der Waals surface area contributed by atoms with Crippen LogP contribution in [0.3, 0.4) is 0 Å². The molecule has 5 aromatic heterocycles. The fourth-order valence-corrected chi connectivity index (χ4v) is 12.5. The van der Waals surface area contributed by atoms with Crippen LogP contribution in [0.4, 0.5) is 10.3 Å². The van der Waals surface area contributed by atoms with E-state index in [1.807, 2.05) is 54.1 Å². The summed E-state index contributed by atoms with van der Waals surface area (Å²) in [6, 6.07) is 14.8. The summed E-state index contributed by atoms with van der Waals surface area (Å²) in [4.78, 5) is 18.0. The van der Waals surface area contributed by atoms with Crippen molar-refractivity contribution in [3.8, 4) is 28.4 Å². The maximum atomic E-state index is 12.9. The maximum absolute atomic E-state index is 12.9. The van der Waals surface area contributed by atoms with Crippen molar-refractivity contribution in [2.45, 2.75) is 94.0 Å². The van der Waals surface area contributed by atoms with Crippen LogP contribution in [0.15, 0.2) is 92.2 Å². The molecule has 0 amide bonds. The molecule has 4 N–H and O–H groups in total. The molecule has 0 spiro atoms. The monoisotopic (exact) mass is 919 g/mol. The summed E-state index contributed by atoms with van der Waals surface area (Å²) in [6.07, 6.45) is 12.4. The van der Waals surface area contributed by atoms with Gasteiger partial charge >= 0.3 is 0 Å². The van der Waals surface area contributed by atoms with Crippen LogP contribution in [0.25, 0.3) is 22.6 Å². The van der Waals surface area contributed by atoms with E-state index in [1.54, 1.807) is 67.2 Å². The minimum Gasteiger partial charge on any atom is -0.495 e. The van der Waals surface area contributed by atoms with Crippen molar-refractivity contribution in [3.05, 3.63) is 94.9 Å². The smallest absolute Gasteiger partial charge is 0.246 e. The normalized spacial score (nSPS) is 19.3. The Morgan fingerprint density at radius 1 is 0.710 bits per heavy atom. The number of methoxy groups -OCH3 is 1. The van der Waals surface area contributed by atoms with E-state index in [2.05, 4.69) is 45.2 Å². The molecule has 1 aromatic carbocycles. The topological polar surface area (TPSA) is 203 Å². The van der Waals surface area contributed by atoms with E-state index in [0.717, 1.165) is 103 Å². The Bertz CT molecular complexity index is 2570. The van der Waals surface area contributed by atoms with Crippen molar-refractivity contribution in [2.75, 3.05) is 30.8 Å². The van der Waals surface area contributed by atoms with Crippen molar-refractivity contribution in [1.29, 1.82) is 0 Å². The van der Waals surface area contributed by atoms with Gasteiger partial charge in [-0.05, 0) is 126 Å². The van der Waals surface area contributed by atoms with E-state index in [-0.39, 0.29) is 21.9 Å². The molecule has 0 unspecified atom stereocenters. The summed E-state index contributed by atoms with van der Waals surface area (Å²) in [6.45, 7) is 6.81. The quantitative estimate of drug-likeness (QED) is 0.0768. The van der Waals surface area contributed by atoms with Crippen LogP contribution in [0.5, 0.6) is 5.75 Å². The van der Waals surface area contributed by atoms with Crippen LogP contribution in [0.1, 0.15) is 68.4 Å². The summed E-state index contributed by atoms with van der Waals surface area (Å²) in [5, 5.41) is 16.5. The second-order valence-corrected chi connectivity index (χ2v) is 20.8. The lowest BCUT2D eigenvalue weighted by molar-refractivity contribution is 0.323. The van der Waals surface area contributed by atoms with Crippen LogP contribution in [-0.2, 0) is 20.0 Å². The number of hydrogen-bond donors (Lipinski definition) is 4. The van der Waals surface area contributed by atoms with Gasteiger partial charge in [-0.2, -0.15) is 0 Å². The van der Waals surface area contributed by atoms with Crippen LogP contribution < -0.4 is 24.8 Å². The maximum Gasteiger partial charge on any atom is 0.246 e. The molecule has 0 radical (unpaired) electrons. The molecule has 0 saturated heterocycles. The summed E-state index contributed by atoms with van der Waals surface area (Å²) in [5.41, 5.74) is 5.03. The number of sulfonamides is 2. The number of ether oxygens (including phenoxy) is 1. The lowest BCUT2D eigenvalue weighted by Crippen LogP contribution is -2.38. The zero-order valence-electron chi connectivity index (χ0n) is 35.2. The first-order valence-electron chi connectivity index (χ1n) is 20.7. The van der Waals surface area contributed by atoms with E-state index in [4.69, 9.17) is 9.26 Å². The Labute approximate surface area is 371 Å². The number of rotatable bonds is 15. The van der Waals surface area contributed by atoms with E-state index >= 15 is 0 Å². The zero-order chi connectivity index (χ0) is 43.7. The van der Waals surface area contributed by atoms with E-state index < -0.39 is 20.0 Å². The molecule has 0 bridgehead atoms. The molecule has 62 heavy (non-hydrogen) atoms. The second-order valence-electron chi connectivity index (χ2n) is 15.8. The van der Waals surface area contributed by atoms with Crippen LogP contribution >= 0.6 is 22.7 Å². The number of benzene rings is 1. The largest absolute Gasteiger partial charge is 0.495 e. The first-order chi connectivity index (χ1) is 29.9. The molecule has 15 nitrogen and oxygen atoms in total. The summed E-state index contributed by atoms with van der Waals surface area (Å²) < 4.78 is 67.2. The highest BCUT2D eigenvalue weighted by molar-refractivity contribution is 7.90. The van der Waals surface area contributed by atoms with E-state index in [9.17, 15) is 16.8 Å². The standard InChI is InChI=1S/C23H28N4O3S2.C20H25N5O3S2/c1-16-3-8-21(30-2)22(13-16)32(28,29)27-19-6-4-17(5-7-19)14-25-23-26-20(15-31-23)18-9-11-24-12-10-18;1-13-19(14(2)28-24-13)30(26,27)25-16-8-6-15(7-9-16)11-22-20-23-18(12-29-20)17-5-3-4-10-21-17/h3,8-13,15,17,19,27H,4-7,14H2,1-2H3,(H,25,26);3-5,10,12,15-16,25H,6-9,11H2,1-2H3,(H,22,23). The van der Waals surface area contributed by atoms with Crippen molar-refractivity contribution in [1.82, 2.24) is 34.5 Å². The first kappa shape index (κ1) is 45.2. The van der Waals surface area contributed by atoms with Gasteiger partial charge in [-0.15, -0.1) is 22.7 Å². The molecule has 2 saturated carbocycles. The first-order valence-corrected chi connectivity index (χ1v) is 25.4. The number of aryl methyl sites for hydroxylation is 3.